The quantitative estimate of drug-likeness (QED) is 0.748. The maximum absolute atomic E-state index is 10.8. The van der Waals surface area contributed by atoms with Gasteiger partial charge in [-0.15, -0.1) is 0 Å². The van der Waals surface area contributed by atoms with Crippen LogP contribution in [0.2, 0.25) is 0 Å². The van der Waals surface area contributed by atoms with Gasteiger partial charge < -0.3 is 5.11 Å². The van der Waals surface area contributed by atoms with Crippen LogP contribution in [0.15, 0.2) is 18.2 Å². The Morgan fingerprint density at radius 2 is 1.76 bits per heavy atom. The molecule has 0 radical (unpaired) electrons. The minimum atomic E-state index is -0.230. The second-order valence-electron chi connectivity index (χ2n) is 7.21. The lowest BCUT2D eigenvalue weighted by Crippen LogP contribution is -2.21. The molecule has 2 aromatic carbocycles. The number of aliphatic hydroxyl groups is 1. The SMILES string of the molecule is OC1CC2CCCc3ccc4cc5c(c1c4c32)CCCC5. The maximum Gasteiger partial charge on any atom is 0.0804 e. The Kier molecular flexibility index (Phi) is 2.52. The van der Waals surface area contributed by atoms with Crippen LogP contribution < -0.4 is 0 Å². The van der Waals surface area contributed by atoms with E-state index >= 15 is 0 Å². The lowest BCUT2D eigenvalue weighted by atomic mass is 9.69. The van der Waals surface area contributed by atoms with E-state index < -0.39 is 0 Å². The summed E-state index contributed by atoms with van der Waals surface area (Å²) in [6, 6.07) is 7.10. The fraction of sp³-hybridized carbons (Fsp3) is 0.500. The molecule has 0 aliphatic heterocycles. The third-order valence-corrected chi connectivity index (χ3v) is 6.05. The van der Waals surface area contributed by atoms with Gasteiger partial charge in [-0.3, -0.25) is 0 Å². The van der Waals surface area contributed by atoms with Gasteiger partial charge in [0.25, 0.3) is 0 Å². The Bertz CT molecular complexity index is 743. The summed E-state index contributed by atoms with van der Waals surface area (Å²) in [6.07, 6.45) is 9.47. The first-order valence-electron chi connectivity index (χ1n) is 8.61. The summed E-state index contributed by atoms with van der Waals surface area (Å²) < 4.78 is 0. The highest BCUT2D eigenvalue weighted by molar-refractivity contribution is 5.93. The Hall–Kier alpha value is -1.34. The van der Waals surface area contributed by atoms with E-state index in [0.717, 1.165) is 6.42 Å². The average Bonchev–Trinajstić information content (AvgIpc) is 2.52. The van der Waals surface area contributed by atoms with Crippen LogP contribution in [0.5, 0.6) is 0 Å². The van der Waals surface area contributed by atoms with Gasteiger partial charge in [0.2, 0.25) is 0 Å². The minimum absolute atomic E-state index is 0.230. The van der Waals surface area contributed by atoms with Crippen LogP contribution in [0, 0.1) is 0 Å². The molecule has 2 atom stereocenters. The number of fused-ring (bicyclic) bond motifs is 2. The second kappa shape index (κ2) is 4.33. The van der Waals surface area contributed by atoms with Crippen LogP contribution in [0.3, 0.4) is 0 Å². The van der Waals surface area contributed by atoms with Crippen LogP contribution in [0.25, 0.3) is 10.8 Å². The van der Waals surface area contributed by atoms with Crippen LogP contribution >= 0.6 is 0 Å². The molecule has 0 heterocycles. The van der Waals surface area contributed by atoms with E-state index in [0.29, 0.717) is 5.92 Å². The molecule has 0 fully saturated rings. The number of rotatable bonds is 0. The lowest BCUT2D eigenvalue weighted by molar-refractivity contribution is 0.150. The van der Waals surface area contributed by atoms with E-state index in [1.165, 1.54) is 72.4 Å². The topological polar surface area (TPSA) is 20.2 Å². The third-order valence-electron chi connectivity index (χ3n) is 6.05. The zero-order chi connectivity index (χ0) is 14.0. The highest BCUT2D eigenvalue weighted by Gasteiger charge is 2.34. The van der Waals surface area contributed by atoms with Crippen LogP contribution in [-0.4, -0.2) is 5.11 Å². The first-order chi connectivity index (χ1) is 10.3. The molecule has 2 unspecified atom stereocenters. The molecule has 0 amide bonds. The number of aliphatic hydroxyl groups excluding tert-OH is 1. The molecule has 0 spiro atoms. The van der Waals surface area contributed by atoms with Crippen molar-refractivity contribution in [3.05, 3.63) is 46.0 Å². The predicted molar refractivity (Wildman–Crippen MR) is 85.8 cm³/mol. The van der Waals surface area contributed by atoms with E-state index in [2.05, 4.69) is 18.2 Å². The molecule has 1 N–H and O–H groups in total. The molecule has 108 valence electrons. The van der Waals surface area contributed by atoms with E-state index in [4.69, 9.17) is 0 Å². The van der Waals surface area contributed by atoms with Crippen LogP contribution in [0.1, 0.15) is 71.9 Å². The van der Waals surface area contributed by atoms with Gasteiger partial charge in [-0.05, 0) is 95.9 Å². The number of benzene rings is 2. The van der Waals surface area contributed by atoms with Gasteiger partial charge in [-0.2, -0.15) is 0 Å². The zero-order valence-electron chi connectivity index (χ0n) is 12.5. The van der Waals surface area contributed by atoms with Gasteiger partial charge in [0.05, 0.1) is 6.10 Å². The zero-order valence-corrected chi connectivity index (χ0v) is 12.5. The molecule has 3 aliphatic carbocycles. The minimum Gasteiger partial charge on any atom is -0.388 e. The Morgan fingerprint density at radius 3 is 2.71 bits per heavy atom. The molecule has 0 saturated heterocycles. The van der Waals surface area contributed by atoms with Crippen molar-refractivity contribution in [3.8, 4) is 0 Å². The smallest absolute Gasteiger partial charge is 0.0804 e. The Morgan fingerprint density at radius 1 is 0.905 bits per heavy atom. The molecule has 3 aliphatic rings. The molecule has 1 nitrogen and oxygen atoms in total. The molecule has 5 rings (SSSR count). The Labute approximate surface area is 126 Å². The first kappa shape index (κ1) is 12.2. The maximum atomic E-state index is 10.8. The molecule has 0 saturated carbocycles. The van der Waals surface area contributed by atoms with Crippen LogP contribution in [-0.2, 0) is 19.3 Å². The average molecular weight is 278 g/mol. The molecular formula is C20H22O. The van der Waals surface area contributed by atoms with Gasteiger partial charge in [0.1, 0.15) is 0 Å². The van der Waals surface area contributed by atoms with Gasteiger partial charge in [-0.1, -0.05) is 18.2 Å². The van der Waals surface area contributed by atoms with Gasteiger partial charge in [-0.25, -0.2) is 0 Å². The predicted octanol–water partition coefficient (Wildman–Crippen LogP) is 4.58. The summed E-state index contributed by atoms with van der Waals surface area (Å²) in [5.74, 6) is 0.599. The van der Waals surface area contributed by atoms with E-state index in [9.17, 15) is 5.11 Å². The molecule has 21 heavy (non-hydrogen) atoms. The van der Waals surface area contributed by atoms with Crippen molar-refractivity contribution in [2.75, 3.05) is 0 Å². The normalized spacial score (nSPS) is 26.7. The third kappa shape index (κ3) is 1.61. The van der Waals surface area contributed by atoms with Crippen molar-refractivity contribution < 1.29 is 5.11 Å². The van der Waals surface area contributed by atoms with Crippen LogP contribution in [0.4, 0.5) is 0 Å². The highest BCUT2D eigenvalue weighted by Crippen LogP contribution is 2.50. The number of aryl methyl sites for hydroxylation is 2. The monoisotopic (exact) mass is 278 g/mol. The number of hydrogen-bond acceptors (Lipinski definition) is 1. The lowest BCUT2D eigenvalue weighted by Gasteiger charge is -2.37. The van der Waals surface area contributed by atoms with Crippen molar-refractivity contribution in [2.45, 2.75) is 63.4 Å². The van der Waals surface area contributed by atoms with E-state index in [1.807, 2.05) is 0 Å². The van der Waals surface area contributed by atoms with Crippen molar-refractivity contribution in [2.24, 2.45) is 0 Å². The van der Waals surface area contributed by atoms with Crippen molar-refractivity contribution in [3.63, 3.8) is 0 Å². The fourth-order valence-electron chi connectivity index (χ4n) is 5.19. The molecule has 2 aromatic rings. The van der Waals surface area contributed by atoms with E-state index in [-0.39, 0.29) is 6.10 Å². The van der Waals surface area contributed by atoms with Crippen molar-refractivity contribution in [1.29, 1.82) is 0 Å². The van der Waals surface area contributed by atoms with Crippen molar-refractivity contribution >= 4 is 10.8 Å². The van der Waals surface area contributed by atoms with Crippen molar-refractivity contribution in [1.82, 2.24) is 0 Å². The summed E-state index contributed by atoms with van der Waals surface area (Å²) in [7, 11) is 0. The molecule has 1 heteroatoms. The molecular weight excluding hydrogens is 256 g/mol. The molecule has 0 bridgehead atoms. The standard InChI is InChI=1S/C20H22O/c21-17-11-14-6-3-5-12-8-9-15-10-13-4-1-2-7-16(13)20(17)19(15)18(12)14/h8-10,14,17,21H,1-7,11H2. The largest absolute Gasteiger partial charge is 0.388 e. The summed E-state index contributed by atoms with van der Waals surface area (Å²) in [5, 5.41) is 13.7. The highest BCUT2D eigenvalue weighted by atomic mass is 16.3. The van der Waals surface area contributed by atoms with Gasteiger partial charge >= 0.3 is 0 Å². The van der Waals surface area contributed by atoms with Gasteiger partial charge in [0.15, 0.2) is 0 Å². The second-order valence-corrected chi connectivity index (χ2v) is 7.21. The summed E-state index contributed by atoms with van der Waals surface area (Å²) in [6.45, 7) is 0. The van der Waals surface area contributed by atoms with Gasteiger partial charge in [0, 0.05) is 0 Å². The van der Waals surface area contributed by atoms with E-state index in [1.54, 1.807) is 11.1 Å². The first-order valence-corrected chi connectivity index (χ1v) is 8.61. The fourth-order valence-corrected chi connectivity index (χ4v) is 5.19. The number of hydrogen-bond donors (Lipinski definition) is 1. The molecule has 0 aromatic heterocycles. The summed E-state index contributed by atoms with van der Waals surface area (Å²) >= 11 is 0. The summed E-state index contributed by atoms with van der Waals surface area (Å²) in [4.78, 5) is 0. The Balaban J connectivity index is 1.93. The summed E-state index contributed by atoms with van der Waals surface area (Å²) in [5.41, 5.74) is 7.49.